The molecule has 1 unspecified atom stereocenters. The fourth-order valence-electron chi connectivity index (χ4n) is 3.81. The second-order valence-corrected chi connectivity index (χ2v) is 11.6. The van der Waals surface area contributed by atoms with Gasteiger partial charge in [-0.05, 0) is 37.8 Å². The summed E-state index contributed by atoms with van der Waals surface area (Å²) in [6.45, 7) is 3.96. The maximum absolute atomic E-state index is 12.6. The van der Waals surface area contributed by atoms with Crippen LogP contribution in [0.2, 0.25) is 0 Å². The molecule has 0 bridgehead atoms. The van der Waals surface area contributed by atoms with Gasteiger partial charge in [0, 0.05) is 32.0 Å². The maximum atomic E-state index is 12.6. The Morgan fingerprint density at radius 1 is 1.03 bits per heavy atom. The molecule has 35 heavy (non-hydrogen) atoms. The number of carboxylic acids is 1. The molecule has 1 aromatic rings. The maximum Gasteiger partial charge on any atom is 0.279 e. The first-order chi connectivity index (χ1) is 16.5. The quantitative estimate of drug-likeness (QED) is 0.211. The van der Waals surface area contributed by atoms with Gasteiger partial charge in [0.05, 0.1) is 46.9 Å². The van der Waals surface area contributed by atoms with E-state index in [1.54, 1.807) is 0 Å². The van der Waals surface area contributed by atoms with Gasteiger partial charge >= 0.3 is 0 Å². The molecular formula is C25H45N3O6S. The summed E-state index contributed by atoms with van der Waals surface area (Å²) in [5, 5.41) is 11.3. The van der Waals surface area contributed by atoms with Crippen LogP contribution in [0.15, 0.2) is 24.3 Å². The molecule has 0 amide bonds. The minimum absolute atomic E-state index is 0.225. The van der Waals surface area contributed by atoms with Crippen molar-refractivity contribution in [3.63, 3.8) is 0 Å². The zero-order chi connectivity index (χ0) is 26.3. The second kappa shape index (κ2) is 16.0. The van der Waals surface area contributed by atoms with Gasteiger partial charge in [0.15, 0.2) is 0 Å². The third-order valence-electron chi connectivity index (χ3n) is 5.50. The van der Waals surface area contributed by atoms with Crippen molar-refractivity contribution in [2.75, 3.05) is 54.5 Å². The van der Waals surface area contributed by atoms with Gasteiger partial charge in [0.1, 0.15) is 11.5 Å². The average Bonchev–Trinajstić information content (AvgIpc) is 2.77. The van der Waals surface area contributed by atoms with Crippen molar-refractivity contribution in [1.82, 2.24) is 9.03 Å². The number of hydrogen-bond donors (Lipinski definition) is 1. The van der Waals surface area contributed by atoms with E-state index < -0.39 is 22.2 Å². The van der Waals surface area contributed by atoms with Gasteiger partial charge in [-0.2, -0.15) is 12.7 Å². The van der Waals surface area contributed by atoms with Crippen molar-refractivity contribution < 1.29 is 32.3 Å². The minimum atomic E-state index is -3.79. The number of carbonyl (C=O) groups excluding carboxylic acids is 1. The number of unbranched alkanes of at least 4 members (excludes halogenated alkanes) is 5. The lowest BCUT2D eigenvalue weighted by molar-refractivity contribution is -0.872. The number of quaternary nitrogens is 1. The Morgan fingerprint density at radius 2 is 1.60 bits per heavy atom. The van der Waals surface area contributed by atoms with E-state index in [1.165, 1.54) is 30.6 Å². The van der Waals surface area contributed by atoms with Crippen LogP contribution in [0.5, 0.6) is 11.5 Å². The van der Waals surface area contributed by atoms with E-state index in [9.17, 15) is 18.3 Å². The molecular weight excluding hydrogens is 470 g/mol. The van der Waals surface area contributed by atoms with Crippen LogP contribution in [-0.2, 0) is 15.0 Å². The number of carbonyl (C=O) groups is 1. The molecule has 0 aromatic heterocycles. The van der Waals surface area contributed by atoms with Crippen LogP contribution >= 0.6 is 0 Å². The van der Waals surface area contributed by atoms with Crippen molar-refractivity contribution in [3.8, 4) is 11.5 Å². The molecule has 0 aliphatic rings. The predicted octanol–water partition coefficient (Wildman–Crippen LogP) is 2.18. The summed E-state index contributed by atoms with van der Waals surface area (Å²) in [6, 6.07) is 6.90. The summed E-state index contributed by atoms with van der Waals surface area (Å²) in [4.78, 5) is 11.3. The van der Waals surface area contributed by atoms with E-state index >= 15 is 0 Å². The molecule has 1 rings (SSSR count). The van der Waals surface area contributed by atoms with E-state index in [0.717, 1.165) is 30.8 Å². The van der Waals surface area contributed by atoms with E-state index in [4.69, 9.17) is 9.47 Å². The van der Waals surface area contributed by atoms with Gasteiger partial charge in [0.2, 0.25) is 0 Å². The zero-order valence-electron chi connectivity index (χ0n) is 22.1. The van der Waals surface area contributed by atoms with Crippen LogP contribution in [0, 0.1) is 0 Å². The van der Waals surface area contributed by atoms with Crippen molar-refractivity contribution in [2.24, 2.45) is 0 Å². The highest BCUT2D eigenvalue weighted by Gasteiger charge is 2.32. The van der Waals surface area contributed by atoms with E-state index in [-0.39, 0.29) is 13.0 Å². The summed E-state index contributed by atoms with van der Waals surface area (Å²) in [7, 11) is 3.24. The predicted molar refractivity (Wildman–Crippen MR) is 136 cm³/mol. The highest BCUT2D eigenvalue weighted by atomic mass is 32.2. The summed E-state index contributed by atoms with van der Waals surface area (Å²) < 4.78 is 40.9. The van der Waals surface area contributed by atoms with Crippen LogP contribution in [-0.4, -0.2) is 83.7 Å². The number of aliphatic carboxylic acids is 1. The zero-order valence-corrected chi connectivity index (χ0v) is 22.9. The molecule has 0 spiro atoms. The molecule has 202 valence electrons. The largest absolute Gasteiger partial charge is 0.550 e. The lowest BCUT2D eigenvalue weighted by Gasteiger charge is -2.35. The first kappa shape index (κ1) is 31.2. The van der Waals surface area contributed by atoms with Crippen LogP contribution in [0.25, 0.3) is 0 Å². The Kier molecular flexibility index (Phi) is 14.2. The van der Waals surface area contributed by atoms with Crippen molar-refractivity contribution in [3.05, 3.63) is 24.3 Å². The van der Waals surface area contributed by atoms with Gasteiger partial charge in [-0.3, -0.25) is 0 Å². The number of ether oxygens (including phenoxy) is 2. The fourth-order valence-corrected chi connectivity index (χ4v) is 4.95. The summed E-state index contributed by atoms with van der Waals surface area (Å²) in [5.74, 6) is 0.274. The molecule has 0 saturated heterocycles. The van der Waals surface area contributed by atoms with Crippen molar-refractivity contribution >= 4 is 16.2 Å². The average molecular weight is 516 g/mol. The molecule has 0 heterocycles. The standard InChI is InChI=1S/C25H45N3O6S/c1-6-7-8-11-17-33-23-14-13-15-24(20-23)34-18-12-9-10-16-27(35(31,32)26-2)22(19-25(29)30)21-28(3,4)5/h13-15,20,22,26H,6-12,16-19,21H2,1-5H3. The number of likely N-dealkylation sites (N-methyl/N-ethyl adjacent to an activating group) is 1. The van der Waals surface area contributed by atoms with E-state index in [2.05, 4.69) is 11.6 Å². The van der Waals surface area contributed by atoms with E-state index in [0.29, 0.717) is 30.7 Å². The molecule has 0 aliphatic carbocycles. The molecule has 0 saturated carbocycles. The van der Waals surface area contributed by atoms with Crippen LogP contribution in [0.3, 0.4) is 0 Å². The summed E-state index contributed by atoms with van der Waals surface area (Å²) >= 11 is 0. The normalized spacial score (nSPS) is 13.1. The van der Waals surface area contributed by atoms with Crippen molar-refractivity contribution in [2.45, 2.75) is 64.3 Å². The van der Waals surface area contributed by atoms with Crippen LogP contribution in [0.4, 0.5) is 0 Å². The Hall–Kier alpha value is -1.88. The molecule has 0 fully saturated rings. The number of hydrogen-bond acceptors (Lipinski definition) is 6. The van der Waals surface area contributed by atoms with Gasteiger partial charge in [0.25, 0.3) is 10.2 Å². The molecule has 9 nitrogen and oxygen atoms in total. The van der Waals surface area contributed by atoms with Crippen LogP contribution in [0.1, 0.15) is 58.3 Å². The van der Waals surface area contributed by atoms with Gasteiger partial charge in [-0.15, -0.1) is 0 Å². The van der Waals surface area contributed by atoms with Gasteiger partial charge in [-0.25, -0.2) is 4.72 Å². The Bertz CT molecular complexity index is 842. The third kappa shape index (κ3) is 13.7. The van der Waals surface area contributed by atoms with E-state index in [1.807, 2.05) is 45.4 Å². The molecule has 0 aliphatic heterocycles. The van der Waals surface area contributed by atoms with Crippen molar-refractivity contribution in [1.29, 1.82) is 0 Å². The lowest BCUT2D eigenvalue weighted by Crippen LogP contribution is -2.55. The number of nitrogens with one attached hydrogen (secondary N) is 1. The highest BCUT2D eigenvalue weighted by molar-refractivity contribution is 7.87. The Labute approximate surface area is 212 Å². The third-order valence-corrected chi connectivity index (χ3v) is 7.11. The summed E-state index contributed by atoms with van der Waals surface area (Å²) in [6.07, 6.45) is 6.35. The van der Waals surface area contributed by atoms with Crippen LogP contribution < -0.4 is 19.3 Å². The summed E-state index contributed by atoms with van der Waals surface area (Å²) in [5.41, 5.74) is 0. The van der Waals surface area contributed by atoms with Gasteiger partial charge in [-0.1, -0.05) is 32.3 Å². The number of nitrogens with zero attached hydrogens (tertiary/aromatic N) is 2. The molecule has 1 atom stereocenters. The monoisotopic (exact) mass is 515 g/mol. The fraction of sp³-hybridized carbons (Fsp3) is 0.720. The minimum Gasteiger partial charge on any atom is -0.550 e. The highest BCUT2D eigenvalue weighted by Crippen LogP contribution is 2.20. The molecule has 0 radical (unpaired) electrons. The smallest absolute Gasteiger partial charge is 0.279 e. The molecule has 10 heteroatoms. The molecule has 1 N–H and O–H groups in total. The Balaban J connectivity index is 2.54. The number of rotatable bonds is 20. The van der Waals surface area contributed by atoms with Gasteiger partial charge < -0.3 is 23.9 Å². The number of carboxylic acid groups (broad SMARTS) is 1. The SMILES string of the molecule is CCCCCCOc1cccc(OCCCCCN(C(CC(=O)[O-])C[N+](C)(C)C)S(=O)(=O)NC)c1. The lowest BCUT2D eigenvalue weighted by atomic mass is 10.1. The molecule has 1 aromatic carbocycles. The second-order valence-electron chi connectivity index (χ2n) is 9.82. The Morgan fingerprint density at radius 3 is 2.09 bits per heavy atom. The number of benzene rings is 1. The first-order valence-electron chi connectivity index (χ1n) is 12.5. The topological polar surface area (TPSA) is 108 Å². The first-order valence-corrected chi connectivity index (χ1v) is 14.0.